The van der Waals surface area contributed by atoms with Crippen molar-refractivity contribution in [2.75, 3.05) is 59.5 Å². The van der Waals surface area contributed by atoms with Crippen LogP contribution in [0.15, 0.2) is 0 Å². The molecule has 352 valence electrons. The second-order valence-corrected chi connectivity index (χ2v) is 16.1. The molecule has 0 aromatic rings. The number of hydrogen-bond acceptors (Lipinski definition) is 12. The first-order valence-corrected chi connectivity index (χ1v) is 23.3. The zero-order chi connectivity index (χ0) is 45.4. The van der Waals surface area contributed by atoms with E-state index in [0.29, 0.717) is 38.5 Å². The van der Waals surface area contributed by atoms with E-state index in [4.69, 9.17) is 29.8 Å². The molecule has 0 saturated carbocycles. The van der Waals surface area contributed by atoms with E-state index in [2.05, 4.69) is 16.0 Å². The molecule has 0 heterocycles. The number of amides is 3. The zero-order valence-corrected chi connectivity index (χ0v) is 38.2. The number of carboxylic acids is 2. The molecule has 0 aliphatic heterocycles. The summed E-state index contributed by atoms with van der Waals surface area (Å²) in [5, 5.41) is 25.8. The molecule has 0 radical (unpaired) electrons. The number of rotatable bonds is 45. The number of ether oxygens (including phenoxy) is 4. The Bertz CT molecular complexity index is 1220. The average Bonchev–Trinajstić information content (AvgIpc) is 3.21. The highest BCUT2D eigenvalue weighted by Gasteiger charge is 2.26. The van der Waals surface area contributed by atoms with E-state index >= 15 is 0 Å². The van der Waals surface area contributed by atoms with Crippen LogP contribution in [0.2, 0.25) is 0 Å². The van der Waals surface area contributed by atoms with Crippen LogP contribution >= 0.6 is 22.4 Å². The summed E-state index contributed by atoms with van der Waals surface area (Å²) < 4.78 is 34.1. The Hall–Kier alpha value is -2.79. The summed E-state index contributed by atoms with van der Waals surface area (Å²) in [6, 6.07) is -1.99. The normalized spacial score (nSPS) is 12.0. The van der Waals surface area contributed by atoms with Gasteiger partial charge in [0.15, 0.2) is 11.5 Å². The van der Waals surface area contributed by atoms with Crippen LogP contribution in [0.25, 0.3) is 0 Å². The highest BCUT2D eigenvalue weighted by Crippen LogP contribution is 2.14. The van der Waals surface area contributed by atoms with Gasteiger partial charge >= 0.3 is 16.8 Å². The number of nitrogens with two attached hydrogens (primary N) is 1. The molecule has 0 saturated heterocycles. The van der Waals surface area contributed by atoms with E-state index in [-0.39, 0.29) is 103 Å². The maximum Gasteiger partial charge on any atom is 0.487 e. The average molecular weight is 987 g/mol. The number of hydrogen-bond donors (Lipinski definition) is 6. The Morgan fingerprint density at radius 1 is 0.557 bits per heavy atom. The number of unbranched alkanes of at least 4 members (excludes halogenated alkanes) is 15. The lowest BCUT2D eigenvalue weighted by molar-refractivity contribution is -0.142. The number of ketones is 1. The summed E-state index contributed by atoms with van der Waals surface area (Å²) in [4.78, 5) is 80.3. The van der Waals surface area contributed by atoms with Gasteiger partial charge in [-0.05, 0) is 32.1 Å². The minimum atomic E-state index is -1.60. The Kier molecular flexibility index (Phi) is 39.4. The smallest absolute Gasteiger partial charge is 0.481 e. The summed E-state index contributed by atoms with van der Waals surface area (Å²) in [6.45, 7) is 0.784. The van der Waals surface area contributed by atoms with Crippen LogP contribution in [0.4, 0.5) is 4.32 Å². The molecule has 20 heteroatoms. The summed E-state index contributed by atoms with van der Waals surface area (Å²) in [5.41, 5.74) is 5.03. The van der Waals surface area contributed by atoms with Crippen LogP contribution < -0.4 is 21.7 Å². The van der Waals surface area contributed by atoms with Gasteiger partial charge in [-0.15, -0.1) is 0 Å². The fourth-order valence-electron chi connectivity index (χ4n) is 6.02. The molecule has 61 heavy (non-hydrogen) atoms. The third-order valence-corrected chi connectivity index (χ3v) is 10.2. The van der Waals surface area contributed by atoms with Crippen LogP contribution in [0.3, 0.4) is 0 Å². The van der Waals surface area contributed by atoms with Crippen molar-refractivity contribution in [1.82, 2.24) is 16.0 Å². The molecule has 3 amide bonds. The first-order chi connectivity index (χ1) is 29.3. The van der Waals surface area contributed by atoms with Gasteiger partial charge < -0.3 is 60.0 Å². The topological polar surface area (TPSA) is 259 Å². The maximum atomic E-state index is 13.0. The van der Waals surface area contributed by atoms with Crippen LogP contribution in [-0.2, 0) is 52.5 Å². The number of Topliss-reactive ketones (excluding diaryl/α,β-unsaturated/α-hetero) is 1. The van der Waals surface area contributed by atoms with Crippen molar-refractivity contribution in [3.8, 4) is 0 Å². The van der Waals surface area contributed by atoms with Gasteiger partial charge in [0.2, 0.25) is 17.7 Å². The molecule has 0 aliphatic carbocycles. The van der Waals surface area contributed by atoms with Gasteiger partial charge in [0.1, 0.15) is 26.0 Å². The van der Waals surface area contributed by atoms with Crippen LogP contribution in [0, 0.1) is 0 Å². The number of carbonyl (C=O) groups excluding carboxylic acids is 5. The maximum absolute atomic E-state index is 13.0. The second-order valence-electron chi connectivity index (χ2n) is 15.0. The van der Waals surface area contributed by atoms with Crippen LogP contribution in [0.5, 0.6) is 0 Å². The molecule has 0 aromatic carbocycles. The van der Waals surface area contributed by atoms with E-state index in [0.717, 1.165) is 44.9 Å². The Labute approximate surface area is 375 Å². The lowest BCUT2D eigenvalue weighted by Crippen LogP contribution is -2.41. The van der Waals surface area contributed by atoms with Gasteiger partial charge in [-0.1, -0.05) is 112 Å². The molecule has 0 aliphatic rings. The van der Waals surface area contributed by atoms with E-state index in [1.54, 1.807) is 0 Å². The van der Waals surface area contributed by atoms with Crippen molar-refractivity contribution in [2.24, 2.45) is 5.73 Å². The summed E-state index contributed by atoms with van der Waals surface area (Å²) >= 11 is 1.39. The molecular weight excluding hydrogens is 913 g/mol. The van der Waals surface area contributed by atoms with Crippen molar-refractivity contribution >= 4 is 68.3 Å². The molecule has 0 rings (SSSR count). The Balaban J connectivity index is 3.67. The third kappa shape index (κ3) is 39.8. The highest BCUT2D eigenvalue weighted by molar-refractivity contribution is 14.1. The van der Waals surface area contributed by atoms with Crippen LogP contribution in [-0.4, -0.2) is 128 Å². The SMILES string of the molecule is N[C@@H](CCCCCC(=O)COCCOCCNC(=O)COCCOCNC(=O)CC[C@H](NC(=O)CCCCCCCCCCCCCCCCC(=O)O)C(=O)O)C(=O)B(F)I. The molecule has 7 N–H and O–H groups in total. The zero-order valence-electron chi connectivity index (χ0n) is 36.1. The molecule has 0 bridgehead atoms. The molecule has 17 nitrogen and oxygen atoms in total. The third-order valence-electron chi connectivity index (χ3n) is 9.57. The first kappa shape index (κ1) is 58.2. The van der Waals surface area contributed by atoms with Gasteiger partial charge in [0.05, 0.1) is 39.1 Å². The number of aliphatic carboxylic acids is 2. The minimum absolute atomic E-state index is 0.0361. The lowest BCUT2D eigenvalue weighted by atomic mass is 9.88. The second kappa shape index (κ2) is 41.2. The van der Waals surface area contributed by atoms with Crippen molar-refractivity contribution in [2.45, 2.75) is 160 Å². The fourth-order valence-corrected chi connectivity index (χ4v) is 6.48. The monoisotopic (exact) mass is 986 g/mol. The lowest BCUT2D eigenvalue weighted by Gasteiger charge is -2.14. The number of carbonyl (C=O) groups is 7. The molecule has 2 atom stereocenters. The predicted octanol–water partition coefficient (Wildman–Crippen LogP) is 4.77. The molecule has 0 fully saturated rings. The quantitative estimate of drug-likeness (QED) is 0.0208. The van der Waals surface area contributed by atoms with Gasteiger partial charge in [0.25, 0.3) is 0 Å². The molecular formula is C41H73BFIN4O13. The van der Waals surface area contributed by atoms with E-state index in [9.17, 15) is 43.0 Å². The number of nitrogens with one attached hydrogen (secondary N) is 3. The molecule has 0 spiro atoms. The van der Waals surface area contributed by atoms with E-state index < -0.39 is 40.5 Å². The molecule has 0 aromatic heterocycles. The van der Waals surface area contributed by atoms with E-state index in [1.807, 2.05) is 0 Å². The van der Waals surface area contributed by atoms with Crippen molar-refractivity contribution in [1.29, 1.82) is 0 Å². The van der Waals surface area contributed by atoms with E-state index in [1.165, 1.54) is 60.9 Å². The fraction of sp³-hybridized carbons (Fsp3) is 0.829. The van der Waals surface area contributed by atoms with Gasteiger partial charge in [0, 0.05) is 32.2 Å². The van der Waals surface area contributed by atoms with Crippen molar-refractivity contribution < 1.29 is 67.0 Å². The predicted molar refractivity (Wildman–Crippen MR) is 237 cm³/mol. The van der Waals surface area contributed by atoms with Crippen molar-refractivity contribution in [3.05, 3.63) is 0 Å². The Morgan fingerprint density at radius 3 is 1.64 bits per heavy atom. The summed E-state index contributed by atoms with van der Waals surface area (Å²) in [6.07, 6.45) is 18.0. The number of halogens is 2. The summed E-state index contributed by atoms with van der Waals surface area (Å²) in [7, 11) is 0. The Morgan fingerprint density at radius 2 is 1.07 bits per heavy atom. The standard InChI is InChI=1S/C41H73BFIN4O13/c43-42(44)40(55)34(45)19-15-13-14-18-33(49)30-59-27-26-58-25-24-46-38(52)31-60-28-29-61-32-47-36(50)23-22-35(41(56)57)48-37(51)20-16-11-9-7-5-3-1-2-4-6-8-10-12-17-21-39(53)54/h34-35H,1-32,45H2,(H,46,52)(H,47,50)(H,48,51)(H,53,54)(H,56,57)/t34-,35-/m0/s1. The summed E-state index contributed by atoms with van der Waals surface area (Å²) in [5.74, 6) is -3.11. The van der Waals surface area contributed by atoms with Gasteiger partial charge in [-0.3, -0.25) is 24.0 Å². The minimum Gasteiger partial charge on any atom is -0.481 e. The van der Waals surface area contributed by atoms with Crippen molar-refractivity contribution in [3.63, 3.8) is 0 Å². The van der Waals surface area contributed by atoms with Gasteiger partial charge in [-0.2, -0.15) is 0 Å². The van der Waals surface area contributed by atoms with Crippen LogP contribution in [0.1, 0.15) is 148 Å². The first-order valence-electron chi connectivity index (χ1n) is 22.0. The molecule has 0 unspecified atom stereocenters. The highest BCUT2D eigenvalue weighted by atomic mass is 127. The largest absolute Gasteiger partial charge is 0.487 e. The number of carboxylic acid groups (broad SMARTS) is 2. The van der Waals surface area contributed by atoms with Gasteiger partial charge in [-0.25, -0.2) is 4.79 Å².